The van der Waals surface area contributed by atoms with Gasteiger partial charge in [0.15, 0.2) is 0 Å². The molecule has 0 N–H and O–H groups in total. The van der Waals surface area contributed by atoms with Gasteiger partial charge in [0.2, 0.25) is 0 Å². The van der Waals surface area contributed by atoms with Gasteiger partial charge in [0.25, 0.3) is 0 Å². The molecular formula is C7H8NNaO2S2. The van der Waals surface area contributed by atoms with E-state index in [-0.39, 0.29) is 35.3 Å². The standard InChI is InChI=1S/C7H9NO2S2.Na/c9-12(10,11)6-3-7-1-4-8-5-2-7;/h1-2,4-5H,3,6H2,(H,9,10,11);/q;+1/p-1. The van der Waals surface area contributed by atoms with Gasteiger partial charge >= 0.3 is 29.6 Å². The van der Waals surface area contributed by atoms with Crippen LogP contribution in [0.3, 0.4) is 0 Å². The van der Waals surface area contributed by atoms with Crippen LogP contribution in [0.1, 0.15) is 5.56 Å². The maximum atomic E-state index is 10.6. The fourth-order valence-corrected chi connectivity index (χ4v) is 1.53. The van der Waals surface area contributed by atoms with Crippen LogP contribution in [0.15, 0.2) is 24.5 Å². The summed E-state index contributed by atoms with van der Waals surface area (Å²) >= 11 is 4.24. The van der Waals surface area contributed by atoms with Crippen molar-refractivity contribution < 1.29 is 38.0 Å². The van der Waals surface area contributed by atoms with Crippen molar-refractivity contribution in [3.05, 3.63) is 30.1 Å². The molecule has 0 fully saturated rings. The van der Waals surface area contributed by atoms with Crippen molar-refractivity contribution in [1.82, 2.24) is 4.98 Å². The number of hydrogen-bond acceptors (Lipinski definition) is 4. The largest absolute Gasteiger partial charge is 1.00 e. The topological polar surface area (TPSA) is 47.0 Å². The Bertz CT molecular complexity index is 339. The van der Waals surface area contributed by atoms with Crippen LogP contribution in [0.25, 0.3) is 0 Å². The van der Waals surface area contributed by atoms with Gasteiger partial charge in [-0.15, -0.1) is 0 Å². The molecule has 0 saturated carbocycles. The van der Waals surface area contributed by atoms with Crippen molar-refractivity contribution in [3.8, 4) is 0 Å². The zero-order valence-electron chi connectivity index (χ0n) is 7.30. The fraction of sp³-hybridized carbons (Fsp3) is 0.286. The summed E-state index contributed by atoms with van der Waals surface area (Å²) in [6.45, 7) is 0. The summed E-state index contributed by atoms with van der Waals surface area (Å²) in [7, 11) is -3.26. The van der Waals surface area contributed by atoms with E-state index in [1.165, 1.54) is 0 Å². The minimum atomic E-state index is -3.26. The van der Waals surface area contributed by atoms with E-state index < -0.39 is 8.87 Å². The van der Waals surface area contributed by atoms with E-state index in [1.807, 2.05) is 0 Å². The first-order valence-corrected chi connectivity index (χ1v) is 5.98. The van der Waals surface area contributed by atoms with Crippen LogP contribution in [-0.2, 0) is 27.0 Å². The molecule has 1 aromatic heterocycles. The third-order valence-corrected chi connectivity index (χ3v) is 2.59. The number of aryl methyl sites for hydroxylation is 1. The molecule has 0 bridgehead atoms. The molecule has 0 amide bonds. The maximum absolute atomic E-state index is 10.6. The van der Waals surface area contributed by atoms with Gasteiger partial charge in [-0.3, -0.25) is 13.4 Å². The monoisotopic (exact) mass is 225 g/mol. The second-order valence-electron chi connectivity index (χ2n) is 2.37. The molecule has 3 nitrogen and oxygen atoms in total. The van der Waals surface area contributed by atoms with Gasteiger partial charge in [-0.1, -0.05) is 0 Å². The third-order valence-electron chi connectivity index (χ3n) is 1.39. The molecule has 0 spiro atoms. The van der Waals surface area contributed by atoms with Gasteiger partial charge in [0.1, 0.15) is 0 Å². The second kappa shape index (κ2) is 6.03. The Morgan fingerprint density at radius 2 is 1.85 bits per heavy atom. The predicted octanol–water partition coefficient (Wildman–Crippen LogP) is -2.50. The number of pyridine rings is 1. The Kier molecular flexibility index (Phi) is 6.24. The molecule has 0 aromatic carbocycles. The summed E-state index contributed by atoms with van der Waals surface area (Å²) in [4.78, 5) is 3.81. The number of hydrogen-bond donors (Lipinski definition) is 0. The summed E-state index contributed by atoms with van der Waals surface area (Å²) in [6.07, 6.45) is 3.73. The number of rotatable bonds is 3. The molecular weight excluding hydrogens is 217 g/mol. The Morgan fingerprint density at radius 3 is 2.31 bits per heavy atom. The van der Waals surface area contributed by atoms with Crippen LogP contribution in [0.4, 0.5) is 0 Å². The Labute approximate surface area is 105 Å². The van der Waals surface area contributed by atoms with E-state index in [9.17, 15) is 8.42 Å². The summed E-state index contributed by atoms with van der Waals surface area (Å²) in [5.41, 5.74) is 0.943. The molecule has 0 saturated heterocycles. The number of aromatic nitrogens is 1. The molecule has 66 valence electrons. The Morgan fingerprint density at radius 1 is 1.31 bits per heavy atom. The first-order valence-electron chi connectivity index (χ1n) is 3.40. The van der Waals surface area contributed by atoms with Gasteiger partial charge in [-0.05, 0) is 24.1 Å². The predicted molar refractivity (Wildman–Crippen MR) is 49.1 cm³/mol. The van der Waals surface area contributed by atoms with Gasteiger partial charge < -0.3 is 11.7 Å². The zero-order chi connectivity index (χ0) is 9.03. The summed E-state index contributed by atoms with van der Waals surface area (Å²) < 4.78 is 21.2. The maximum Gasteiger partial charge on any atom is 1.00 e. The van der Waals surface area contributed by atoms with E-state index in [4.69, 9.17) is 0 Å². The minimum Gasteiger partial charge on any atom is -0.649 e. The molecule has 1 rings (SSSR count). The van der Waals surface area contributed by atoms with Crippen molar-refractivity contribution in [3.63, 3.8) is 0 Å². The van der Waals surface area contributed by atoms with Gasteiger partial charge in [0.05, 0.1) is 0 Å². The first kappa shape index (κ1) is 13.4. The fourth-order valence-electron chi connectivity index (χ4n) is 0.792. The van der Waals surface area contributed by atoms with Crippen LogP contribution in [0.5, 0.6) is 0 Å². The van der Waals surface area contributed by atoms with E-state index in [0.717, 1.165) is 5.56 Å². The second-order valence-corrected chi connectivity index (χ2v) is 5.41. The molecule has 0 unspecified atom stereocenters. The SMILES string of the molecule is O=S(=O)([S-])CCc1ccncc1.[Na+]. The molecule has 13 heavy (non-hydrogen) atoms. The van der Waals surface area contributed by atoms with Crippen molar-refractivity contribution in [2.24, 2.45) is 0 Å². The van der Waals surface area contributed by atoms with Crippen molar-refractivity contribution >= 4 is 20.5 Å². The Hall–Kier alpha value is 0.450. The molecule has 0 atom stereocenters. The van der Waals surface area contributed by atoms with E-state index in [0.29, 0.717) is 6.42 Å². The van der Waals surface area contributed by atoms with Crippen LogP contribution in [-0.4, -0.2) is 19.2 Å². The summed E-state index contributed by atoms with van der Waals surface area (Å²) in [6, 6.07) is 3.56. The zero-order valence-corrected chi connectivity index (χ0v) is 10.9. The average molecular weight is 225 g/mol. The van der Waals surface area contributed by atoms with E-state index >= 15 is 0 Å². The van der Waals surface area contributed by atoms with Crippen molar-refractivity contribution in [2.75, 3.05) is 5.75 Å². The van der Waals surface area contributed by atoms with Crippen molar-refractivity contribution in [1.29, 1.82) is 0 Å². The van der Waals surface area contributed by atoms with Gasteiger partial charge in [-0.25, -0.2) is 0 Å². The minimum absolute atomic E-state index is 0. The summed E-state index contributed by atoms with van der Waals surface area (Å²) in [5.74, 6) is 0.0202. The first-order chi connectivity index (χ1) is 5.58. The molecule has 6 heteroatoms. The molecule has 1 heterocycles. The van der Waals surface area contributed by atoms with Crippen LogP contribution >= 0.6 is 0 Å². The molecule has 0 aliphatic carbocycles. The van der Waals surface area contributed by atoms with E-state index in [2.05, 4.69) is 16.6 Å². The van der Waals surface area contributed by atoms with Crippen LogP contribution in [0, 0.1) is 0 Å². The molecule has 0 aliphatic heterocycles. The smallest absolute Gasteiger partial charge is 0.649 e. The molecule has 0 radical (unpaired) electrons. The number of nitrogens with zero attached hydrogens (tertiary/aromatic N) is 1. The molecule has 0 aliphatic rings. The third kappa shape index (κ3) is 6.51. The van der Waals surface area contributed by atoms with Crippen LogP contribution < -0.4 is 29.6 Å². The average Bonchev–Trinajstić information content (AvgIpc) is 2.02. The quantitative estimate of drug-likeness (QED) is 0.324. The van der Waals surface area contributed by atoms with Gasteiger partial charge in [0, 0.05) is 27.0 Å². The van der Waals surface area contributed by atoms with Crippen molar-refractivity contribution in [2.45, 2.75) is 6.42 Å². The van der Waals surface area contributed by atoms with Crippen LogP contribution in [0.2, 0.25) is 0 Å². The summed E-state index contributed by atoms with van der Waals surface area (Å²) in [5, 5.41) is 0. The molecule has 1 aromatic rings. The normalized spacial score (nSPS) is 10.5. The Balaban J connectivity index is 0.00000144. The van der Waals surface area contributed by atoms with Gasteiger partial charge in [-0.2, -0.15) is 0 Å². The van der Waals surface area contributed by atoms with E-state index in [1.54, 1.807) is 24.5 Å².